The standard InChI is InChI=1S/C10H8O2S2/c11-4-6-3-9-7(1-2-14-9)8(5-12)10(6)13/h1-4,12-13H,5H2. The van der Waals surface area contributed by atoms with E-state index in [1.54, 1.807) is 17.4 Å². The number of fused-ring (bicyclic) bond motifs is 1. The Morgan fingerprint density at radius 1 is 1.57 bits per heavy atom. The van der Waals surface area contributed by atoms with Crippen molar-refractivity contribution in [3.8, 4) is 0 Å². The maximum absolute atomic E-state index is 10.7. The molecule has 0 aliphatic heterocycles. The van der Waals surface area contributed by atoms with Crippen molar-refractivity contribution in [2.45, 2.75) is 11.5 Å². The van der Waals surface area contributed by atoms with Crippen molar-refractivity contribution in [3.05, 3.63) is 28.6 Å². The fourth-order valence-corrected chi connectivity index (χ4v) is 2.62. The van der Waals surface area contributed by atoms with Crippen LogP contribution in [0.15, 0.2) is 22.4 Å². The Balaban J connectivity index is 2.87. The molecule has 0 fully saturated rings. The van der Waals surface area contributed by atoms with E-state index in [-0.39, 0.29) is 6.61 Å². The Bertz CT molecular complexity index is 488. The lowest BCUT2D eigenvalue weighted by molar-refractivity contribution is 0.112. The van der Waals surface area contributed by atoms with Crippen molar-refractivity contribution in [1.29, 1.82) is 0 Å². The average molecular weight is 224 g/mol. The maximum Gasteiger partial charge on any atom is 0.151 e. The fourth-order valence-electron chi connectivity index (χ4n) is 1.44. The van der Waals surface area contributed by atoms with Gasteiger partial charge in [0.25, 0.3) is 0 Å². The van der Waals surface area contributed by atoms with Crippen LogP contribution in [0.2, 0.25) is 0 Å². The van der Waals surface area contributed by atoms with Crippen molar-refractivity contribution >= 4 is 40.3 Å². The Labute approximate surface area is 90.6 Å². The minimum absolute atomic E-state index is 0.0895. The Hall–Kier alpha value is -0.840. The summed E-state index contributed by atoms with van der Waals surface area (Å²) in [7, 11) is 0. The molecule has 0 unspecified atom stereocenters. The molecule has 1 N–H and O–H groups in total. The molecule has 14 heavy (non-hydrogen) atoms. The van der Waals surface area contributed by atoms with Gasteiger partial charge in [-0.15, -0.1) is 24.0 Å². The maximum atomic E-state index is 10.7. The number of rotatable bonds is 2. The van der Waals surface area contributed by atoms with Gasteiger partial charge in [-0.25, -0.2) is 0 Å². The minimum atomic E-state index is -0.0895. The molecule has 4 heteroatoms. The summed E-state index contributed by atoms with van der Waals surface area (Å²) in [6, 6.07) is 3.73. The van der Waals surface area contributed by atoms with E-state index in [9.17, 15) is 9.90 Å². The number of carbonyl (C=O) groups excluding carboxylic acids is 1. The third-order valence-corrected chi connectivity index (χ3v) is 3.54. The molecule has 1 heterocycles. The fraction of sp³-hybridized carbons (Fsp3) is 0.100. The van der Waals surface area contributed by atoms with E-state index in [0.717, 1.165) is 21.9 Å². The lowest BCUT2D eigenvalue weighted by Crippen LogP contribution is -1.92. The lowest BCUT2D eigenvalue weighted by Gasteiger charge is -2.05. The zero-order chi connectivity index (χ0) is 10.1. The summed E-state index contributed by atoms with van der Waals surface area (Å²) in [5.74, 6) is 0. The first-order chi connectivity index (χ1) is 6.77. The van der Waals surface area contributed by atoms with E-state index in [4.69, 9.17) is 0 Å². The number of aliphatic hydroxyl groups is 1. The second kappa shape index (κ2) is 3.73. The first-order valence-corrected chi connectivity index (χ1v) is 5.38. The predicted molar refractivity (Wildman–Crippen MR) is 60.4 cm³/mol. The quantitative estimate of drug-likeness (QED) is 0.607. The Morgan fingerprint density at radius 3 is 3.00 bits per heavy atom. The highest BCUT2D eigenvalue weighted by Crippen LogP contribution is 2.31. The molecule has 2 rings (SSSR count). The van der Waals surface area contributed by atoms with E-state index in [1.165, 1.54) is 0 Å². The number of thiophene rings is 1. The number of aliphatic hydroxyl groups excluding tert-OH is 1. The lowest BCUT2D eigenvalue weighted by atomic mass is 10.1. The summed E-state index contributed by atoms with van der Waals surface area (Å²) >= 11 is 5.79. The smallest absolute Gasteiger partial charge is 0.151 e. The second-order valence-electron chi connectivity index (χ2n) is 2.90. The van der Waals surface area contributed by atoms with Crippen molar-refractivity contribution in [3.63, 3.8) is 0 Å². The van der Waals surface area contributed by atoms with Crippen molar-refractivity contribution in [2.75, 3.05) is 0 Å². The molecule has 0 saturated heterocycles. The molecule has 0 aliphatic rings. The van der Waals surface area contributed by atoms with Crippen LogP contribution in [0, 0.1) is 0 Å². The topological polar surface area (TPSA) is 37.3 Å². The Morgan fingerprint density at radius 2 is 2.36 bits per heavy atom. The monoisotopic (exact) mass is 224 g/mol. The van der Waals surface area contributed by atoms with Gasteiger partial charge in [0.05, 0.1) is 6.61 Å². The van der Waals surface area contributed by atoms with Crippen LogP contribution in [-0.2, 0) is 6.61 Å². The van der Waals surface area contributed by atoms with Crippen LogP contribution in [-0.4, -0.2) is 11.4 Å². The first-order valence-electron chi connectivity index (χ1n) is 4.06. The molecule has 72 valence electrons. The molecule has 0 aliphatic carbocycles. The minimum Gasteiger partial charge on any atom is -0.392 e. The van der Waals surface area contributed by atoms with Crippen LogP contribution in [0.3, 0.4) is 0 Å². The molecule has 0 radical (unpaired) electrons. The molecular weight excluding hydrogens is 216 g/mol. The van der Waals surface area contributed by atoms with E-state index < -0.39 is 0 Å². The summed E-state index contributed by atoms with van der Waals surface area (Å²) in [4.78, 5) is 11.3. The summed E-state index contributed by atoms with van der Waals surface area (Å²) in [5.41, 5.74) is 1.27. The number of hydrogen-bond donors (Lipinski definition) is 2. The number of hydrogen-bond acceptors (Lipinski definition) is 4. The average Bonchev–Trinajstić information content (AvgIpc) is 2.64. The molecule has 0 saturated carbocycles. The summed E-state index contributed by atoms with van der Waals surface area (Å²) < 4.78 is 1.01. The van der Waals surface area contributed by atoms with Crippen molar-refractivity contribution < 1.29 is 9.90 Å². The van der Waals surface area contributed by atoms with Gasteiger partial charge in [-0.2, -0.15) is 0 Å². The number of benzene rings is 1. The highest BCUT2D eigenvalue weighted by Gasteiger charge is 2.10. The molecule has 1 aromatic carbocycles. The van der Waals surface area contributed by atoms with Crippen LogP contribution in [0.4, 0.5) is 0 Å². The zero-order valence-corrected chi connectivity index (χ0v) is 8.94. The molecule has 0 spiro atoms. The highest BCUT2D eigenvalue weighted by molar-refractivity contribution is 7.80. The summed E-state index contributed by atoms with van der Waals surface area (Å²) in [6.07, 6.45) is 0.765. The van der Waals surface area contributed by atoms with E-state index in [0.29, 0.717) is 10.5 Å². The molecule has 0 amide bonds. The number of aldehydes is 1. The zero-order valence-electron chi connectivity index (χ0n) is 7.23. The van der Waals surface area contributed by atoms with Crippen LogP contribution >= 0.6 is 24.0 Å². The van der Waals surface area contributed by atoms with Crippen LogP contribution in [0.1, 0.15) is 15.9 Å². The highest BCUT2D eigenvalue weighted by atomic mass is 32.1. The van der Waals surface area contributed by atoms with Crippen molar-refractivity contribution in [1.82, 2.24) is 0 Å². The van der Waals surface area contributed by atoms with Gasteiger partial charge in [0.2, 0.25) is 0 Å². The second-order valence-corrected chi connectivity index (χ2v) is 4.30. The third-order valence-electron chi connectivity index (χ3n) is 2.15. The van der Waals surface area contributed by atoms with Gasteiger partial charge in [0.1, 0.15) is 0 Å². The first kappa shape index (κ1) is 9.71. The summed E-state index contributed by atoms with van der Waals surface area (Å²) in [6.45, 7) is -0.0895. The van der Waals surface area contributed by atoms with Crippen LogP contribution in [0.25, 0.3) is 10.1 Å². The van der Waals surface area contributed by atoms with Gasteiger partial charge in [-0.3, -0.25) is 4.79 Å². The van der Waals surface area contributed by atoms with Crippen molar-refractivity contribution in [2.24, 2.45) is 0 Å². The van der Waals surface area contributed by atoms with E-state index >= 15 is 0 Å². The molecular formula is C10H8O2S2. The van der Waals surface area contributed by atoms with Gasteiger partial charge < -0.3 is 5.11 Å². The summed E-state index contributed by atoms with van der Waals surface area (Å²) in [5, 5.41) is 12.1. The van der Waals surface area contributed by atoms with Gasteiger partial charge in [0.15, 0.2) is 6.29 Å². The normalized spacial score (nSPS) is 10.7. The third kappa shape index (κ3) is 1.35. The molecule has 0 atom stereocenters. The van der Waals surface area contributed by atoms with Crippen LogP contribution < -0.4 is 0 Å². The number of thiol groups is 1. The van der Waals surface area contributed by atoms with Gasteiger partial charge in [0, 0.05) is 20.7 Å². The largest absolute Gasteiger partial charge is 0.392 e. The number of carbonyl (C=O) groups is 1. The van der Waals surface area contributed by atoms with Gasteiger partial charge in [-0.05, 0) is 22.9 Å². The molecule has 0 bridgehead atoms. The SMILES string of the molecule is O=Cc1cc2sccc2c(CO)c1S. The Kier molecular flexibility index (Phi) is 2.58. The van der Waals surface area contributed by atoms with E-state index in [1.807, 2.05) is 11.4 Å². The van der Waals surface area contributed by atoms with Crippen LogP contribution in [0.5, 0.6) is 0 Å². The van der Waals surface area contributed by atoms with Gasteiger partial charge >= 0.3 is 0 Å². The molecule has 2 nitrogen and oxygen atoms in total. The molecule has 1 aromatic heterocycles. The predicted octanol–water partition coefficient (Wildman–Crippen LogP) is 2.49. The van der Waals surface area contributed by atoms with E-state index in [2.05, 4.69) is 12.6 Å². The molecule has 2 aromatic rings. The van der Waals surface area contributed by atoms with Gasteiger partial charge in [-0.1, -0.05) is 0 Å².